The predicted molar refractivity (Wildman–Crippen MR) is 82.1 cm³/mol. The van der Waals surface area contributed by atoms with Crippen LogP contribution in [0.15, 0.2) is 38.6 Å². The summed E-state index contributed by atoms with van der Waals surface area (Å²) in [4.78, 5) is 13.1. The molecule has 2 rings (SSSR count). The molecule has 0 saturated carbocycles. The van der Waals surface area contributed by atoms with E-state index >= 15 is 0 Å². The van der Waals surface area contributed by atoms with E-state index < -0.39 is 0 Å². The summed E-state index contributed by atoms with van der Waals surface area (Å²) in [5, 5.41) is 4.92. The maximum Gasteiger partial charge on any atom is 0.251 e. The minimum absolute atomic E-state index is 0.0462. The molecule has 1 heterocycles. The molecule has 0 aliphatic rings. The van der Waals surface area contributed by atoms with Crippen molar-refractivity contribution in [1.29, 1.82) is 0 Å². The van der Waals surface area contributed by atoms with E-state index in [1.165, 1.54) is 0 Å². The lowest BCUT2D eigenvalue weighted by Crippen LogP contribution is -2.22. The molecule has 0 aliphatic heterocycles. The highest BCUT2D eigenvalue weighted by Crippen LogP contribution is 2.20. The molecule has 0 unspecified atom stereocenters. The molecule has 0 saturated heterocycles. The molecule has 1 aromatic heterocycles. The maximum atomic E-state index is 12.0. The first-order valence-corrected chi connectivity index (χ1v) is 7.80. The monoisotopic (exact) mass is 387 g/mol. The summed E-state index contributed by atoms with van der Waals surface area (Å²) in [6.45, 7) is 2.53. The molecule has 94 valence electrons. The van der Waals surface area contributed by atoms with E-state index in [0.717, 1.165) is 19.4 Å². The van der Waals surface area contributed by atoms with Gasteiger partial charge in [0.2, 0.25) is 0 Å². The number of amides is 1. The van der Waals surface area contributed by atoms with Gasteiger partial charge >= 0.3 is 0 Å². The first-order chi connectivity index (χ1) is 8.56. The molecule has 0 spiro atoms. The fraction of sp³-hybridized carbons (Fsp3) is 0.154. The molecular formula is C13H11Br2NOS. The summed E-state index contributed by atoms with van der Waals surface area (Å²) in [6, 6.07) is 7.60. The lowest BCUT2D eigenvalue weighted by Gasteiger charge is -2.05. The molecule has 1 N–H and O–H groups in total. The Morgan fingerprint density at radius 2 is 2.11 bits per heavy atom. The zero-order valence-electron chi connectivity index (χ0n) is 9.67. The topological polar surface area (TPSA) is 29.1 Å². The summed E-state index contributed by atoms with van der Waals surface area (Å²) in [7, 11) is 0. The molecule has 1 amide bonds. The molecule has 0 radical (unpaired) electrons. The smallest absolute Gasteiger partial charge is 0.251 e. The van der Waals surface area contributed by atoms with Gasteiger partial charge in [-0.2, -0.15) is 0 Å². The van der Waals surface area contributed by atoms with Crippen molar-refractivity contribution in [2.75, 3.05) is 0 Å². The van der Waals surface area contributed by atoms with E-state index in [1.807, 2.05) is 36.6 Å². The van der Waals surface area contributed by atoms with Gasteiger partial charge in [-0.1, -0.05) is 15.9 Å². The zero-order chi connectivity index (χ0) is 13.1. The summed E-state index contributed by atoms with van der Waals surface area (Å²) in [5.74, 6) is -0.0462. The van der Waals surface area contributed by atoms with Gasteiger partial charge in [-0.25, -0.2) is 0 Å². The number of hydrogen-bond acceptors (Lipinski definition) is 2. The first kappa shape index (κ1) is 13.8. The molecule has 0 atom stereocenters. The van der Waals surface area contributed by atoms with Crippen molar-refractivity contribution in [2.45, 2.75) is 13.5 Å². The summed E-state index contributed by atoms with van der Waals surface area (Å²) < 4.78 is 2.07. The van der Waals surface area contributed by atoms with Crippen LogP contribution in [0.2, 0.25) is 0 Å². The number of benzene rings is 1. The lowest BCUT2D eigenvalue weighted by atomic mass is 10.1. The molecular weight excluding hydrogens is 378 g/mol. The van der Waals surface area contributed by atoms with Crippen molar-refractivity contribution < 1.29 is 4.79 Å². The Morgan fingerprint density at radius 1 is 1.33 bits per heavy atom. The summed E-state index contributed by atoms with van der Waals surface area (Å²) in [6.07, 6.45) is 0. The van der Waals surface area contributed by atoms with E-state index in [9.17, 15) is 4.79 Å². The minimum Gasteiger partial charge on any atom is -0.347 e. The number of halogens is 2. The molecule has 0 fully saturated rings. The Labute approximate surface area is 127 Å². The Bertz CT molecular complexity index is 580. The van der Waals surface area contributed by atoms with Crippen molar-refractivity contribution in [1.82, 2.24) is 5.32 Å². The van der Waals surface area contributed by atoms with E-state index in [2.05, 4.69) is 37.2 Å². The highest BCUT2D eigenvalue weighted by Gasteiger charge is 2.07. The number of nitrogens with one attached hydrogen (secondary N) is 1. The molecule has 2 nitrogen and oxygen atoms in total. The van der Waals surface area contributed by atoms with Gasteiger partial charge in [0.05, 0.1) is 6.54 Å². The van der Waals surface area contributed by atoms with Crippen LogP contribution in [0, 0.1) is 6.92 Å². The minimum atomic E-state index is -0.0462. The fourth-order valence-corrected chi connectivity index (χ4v) is 3.14. The summed E-state index contributed by atoms with van der Waals surface area (Å²) >= 11 is 8.44. The van der Waals surface area contributed by atoms with Crippen molar-refractivity contribution in [3.05, 3.63) is 54.6 Å². The second-order valence-electron chi connectivity index (χ2n) is 3.88. The van der Waals surface area contributed by atoms with E-state index in [-0.39, 0.29) is 5.91 Å². The van der Waals surface area contributed by atoms with Gasteiger partial charge < -0.3 is 5.32 Å². The highest BCUT2D eigenvalue weighted by atomic mass is 79.9. The Balaban J connectivity index is 2.01. The van der Waals surface area contributed by atoms with Crippen LogP contribution in [0.1, 0.15) is 20.8 Å². The van der Waals surface area contributed by atoms with E-state index in [0.29, 0.717) is 12.1 Å². The van der Waals surface area contributed by atoms with Gasteiger partial charge in [-0.05, 0) is 52.7 Å². The average Bonchev–Trinajstić information content (AvgIpc) is 2.75. The van der Waals surface area contributed by atoms with Crippen LogP contribution in [-0.4, -0.2) is 5.91 Å². The van der Waals surface area contributed by atoms with Gasteiger partial charge in [-0.15, -0.1) is 11.3 Å². The zero-order valence-corrected chi connectivity index (χ0v) is 13.7. The van der Waals surface area contributed by atoms with Crippen LogP contribution in [-0.2, 0) is 6.54 Å². The molecule has 5 heteroatoms. The number of carbonyl (C=O) groups is 1. The van der Waals surface area contributed by atoms with Crippen LogP contribution in [0.5, 0.6) is 0 Å². The number of rotatable bonds is 3. The Morgan fingerprint density at radius 3 is 2.72 bits per heavy atom. The van der Waals surface area contributed by atoms with Crippen molar-refractivity contribution >= 4 is 49.1 Å². The van der Waals surface area contributed by atoms with Gasteiger partial charge in [0.25, 0.3) is 5.91 Å². The van der Waals surface area contributed by atoms with Crippen molar-refractivity contribution in [3.8, 4) is 0 Å². The van der Waals surface area contributed by atoms with Gasteiger partial charge in [0, 0.05) is 24.8 Å². The van der Waals surface area contributed by atoms with Gasteiger partial charge in [-0.3, -0.25) is 4.79 Å². The molecule has 2 aromatic rings. The third-order valence-corrected chi connectivity index (χ3v) is 5.05. The third-order valence-electron chi connectivity index (χ3n) is 2.47. The Kier molecular flexibility index (Phi) is 4.59. The first-order valence-electron chi connectivity index (χ1n) is 5.33. The van der Waals surface area contributed by atoms with Crippen molar-refractivity contribution in [3.63, 3.8) is 0 Å². The van der Waals surface area contributed by atoms with E-state index in [1.54, 1.807) is 11.3 Å². The predicted octanol–water partition coefficient (Wildman–Crippen LogP) is 4.51. The highest BCUT2D eigenvalue weighted by molar-refractivity contribution is 9.10. The van der Waals surface area contributed by atoms with Gasteiger partial charge in [0.15, 0.2) is 0 Å². The molecule has 1 aromatic carbocycles. The average molecular weight is 389 g/mol. The largest absolute Gasteiger partial charge is 0.347 e. The van der Waals surface area contributed by atoms with Gasteiger partial charge in [0.1, 0.15) is 0 Å². The van der Waals surface area contributed by atoms with Crippen LogP contribution in [0.25, 0.3) is 0 Å². The SMILES string of the molecule is Cc1cc(C(=O)NCc2cc(Br)cs2)ccc1Br. The van der Waals surface area contributed by atoms with Crippen molar-refractivity contribution in [2.24, 2.45) is 0 Å². The standard InChI is InChI=1S/C13H11Br2NOS/c1-8-4-9(2-3-12(8)15)13(17)16-6-11-5-10(14)7-18-11/h2-5,7H,6H2,1H3,(H,16,17). The second kappa shape index (κ2) is 5.99. The van der Waals surface area contributed by atoms with Crippen LogP contribution >= 0.6 is 43.2 Å². The van der Waals surface area contributed by atoms with Crippen LogP contribution in [0.4, 0.5) is 0 Å². The summed E-state index contributed by atoms with van der Waals surface area (Å²) in [5.41, 5.74) is 1.74. The number of hydrogen-bond donors (Lipinski definition) is 1. The quantitative estimate of drug-likeness (QED) is 0.823. The van der Waals surface area contributed by atoms with Crippen LogP contribution < -0.4 is 5.32 Å². The fourth-order valence-electron chi connectivity index (χ4n) is 1.50. The third kappa shape index (κ3) is 3.43. The molecule has 18 heavy (non-hydrogen) atoms. The second-order valence-corrected chi connectivity index (χ2v) is 6.64. The molecule has 0 bridgehead atoms. The van der Waals surface area contributed by atoms with Crippen LogP contribution in [0.3, 0.4) is 0 Å². The number of aryl methyl sites for hydroxylation is 1. The maximum absolute atomic E-state index is 12.0. The normalized spacial score (nSPS) is 10.4. The Hall–Kier alpha value is -0.650. The number of thiophene rings is 1. The number of carbonyl (C=O) groups excluding carboxylic acids is 1. The molecule has 0 aliphatic carbocycles. The van der Waals surface area contributed by atoms with E-state index in [4.69, 9.17) is 0 Å². The lowest BCUT2D eigenvalue weighted by molar-refractivity contribution is 0.0951.